The summed E-state index contributed by atoms with van der Waals surface area (Å²) in [5.74, 6) is 1.48. The van der Waals surface area contributed by atoms with Crippen LogP contribution in [0.5, 0.6) is 0 Å². The van der Waals surface area contributed by atoms with E-state index in [1.54, 1.807) is 0 Å². The van der Waals surface area contributed by atoms with Crippen LogP contribution in [0.3, 0.4) is 0 Å². The maximum absolute atomic E-state index is 5.29. The van der Waals surface area contributed by atoms with Gasteiger partial charge in [-0.25, -0.2) is 15.0 Å². The molecule has 0 aliphatic carbocycles. The van der Waals surface area contributed by atoms with Gasteiger partial charge < -0.3 is 5.32 Å². The molecule has 2 aromatic heterocycles. The zero-order valence-corrected chi connectivity index (χ0v) is 27.2. The Bertz CT molecular complexity index is 2560. The van der Waals surface area contributed by atoms with Gasteiger partial charge in [-0.15, -0.1) is 0 Å². The smallest absolute Gasteiger partial charge is 0.160 e. The van der Waals surface area contributed by atoms with Gasteiger partial charge in [0.05, 0.1) is 16.9 Å². The molecular weight excluding hydrogens is 611 g/mol. The molecule has 1 aliphatic heterocycles. The maximum Gasteiger partial charge on any atom is 0.160 e. The molecule has 8 aromatic rings. The fraction of sp³-hybridized carbons (Fsp3) is 0.0222. The normalized spacial score (nSPS) is 12.7. The highest BCUT2D eigenvalue weighted by molar-refractivity contribution is 6.10. The van der Waals surface area contributed by atoms with Crippen LogP contribution in [-0.4, -0.2) is 27.3 Å². The lowest BCUT2D eigenvalue weighted by molar-refractivity contribution is 1.03. The topological polar surface area (TPSA) is 63.1 Å². The molecule has 236 valence electrons. The largest absolute Gasteiger partial charge is 0.365 e. The number of pyridine rings is 1. The molecule has 0 bridgehead atoms. The summed E-state index contributed by atoms with van der Waals surface area (Å²) < 4.78 is 0. The van der Waals surface area contributed by atoms with Gasteiger partial charge in [0.25, 0.3) is 0 Å². The van der Waals surface area contributed by atoms with Gasteiger partial charge in [0.2, 0.25) is 0 Å². The van der Waals surface area contributed by atoms with Crippen molar-refractivity contribution >= 4 is 33.1 Å². The second kappa shape index (κ2) is 12.7. The fourth-order valence-corrected chi connectivity index (χ4v) is 6.65. The molecule has 9 rings (SSSR count). The molecule has 5 heteroatoms. The molecule has 0 radical (unpaired) electrons. The van der Waals surface area contributed by atoms with Crippen molar-refractivity contribution in [2.45, 2.75) is 0 Å². The SMILES string of the molecule is C1=C(c2ccccc2)CNC(c2cc(-c3ccc(-c4ccccn4)cc3)cc(-c3nc(-c4ccccc4)c4ccc5ccccc5c4n3)c2)=N1. The van der Waals surface area contributed by atoms with E-state index < -0.39 is 0 Å². The summed E-state index contributed by atoms with van der Waals surface area (Å²) in [5.41, 5.74) is 11.2. The summed E-state index contributed by atoms with van der Waals surface area (Å²) in [6.07, 6.45) is 3.80. The zero-order valence-electron chi connectivity index (χ0n) is 27.2. The van der Waals surface area contributed by atoms with Gasteiger partial charge in [-0.3, -0.25) is 4.98 Å². The Morgan fingerprint density at radius 2 is 1.18 bits per heavy atom. The fourth-order valence-electron chi connectivity index (χ4n) is 6.65. The summed E-state index contributed by atoms with van der Waals surface area (Å²) in [6.45, 7) is 0.678. The van der Waals surface area contributed by atoms with Gasteiger partial charge >= 0.3 is 0 Å². The van der Waals surface area contributed by atoms with E-state index in [-0.39, 0.29) is 0 Å². The lowest BCUT2D eigenvalue weighted by atomic mass is 9.96. The monoisotopic (exact) mass is 641 g/mol. The Hall–Kier alpha value is -6.72. The van der Waals surface area contributed by atoms with Crippen LogP contribution >= 0.6 is 0 Å². The number of hydrogen-bond acceptors (Lipinski definition) is 5. The third kappa shape index (κ3) is 5.61. The lowest BCUT2D eigenvalue weighted by Gasteiger charge is -2.18. The van der Waals surface area contributed by atoms with Crippen LogP contribution in [0.4, 0.5) is 0 Å². The minimum atomic E-state index is 0.665. The molecule has 50 heavy (non-hydrogen) atoms. The summed E-state index contributed by atoms with van der Waals surface area (Å²) in [7, 11) is 0. The number of fused-ring (bicyclic) bond motifs is 3. The van der Waals surface area contributed by atoms with E-state index in [0.29, 0.717) is 12.4 Å². The summed E-state index contributed by atoms with van der Waals surface area (Å²) >= 11 is 0. The highest BCUT2D eigenvalue weighted by atomic mass is 15.0. The molecular formula is C45H31N5. The molecule has 0 saturated heterocycles. The summed E-state index contributed by atoms with van der Waals surface area (Å²) in [6, 6.07) is 54.6. The molecule has 6 aromatic carbocycles. The van der Waals surface area contributed by atoms with E-state index in [0.717, 1.165) is 83.4 Å². The standard InChI is InChI=1S/C45H31N5/c1-3-11-30(12-4-1)38-28-47-44(48-29-38)36-25-35(31-18-20-33(21-19-31)41-17-9-10-24-46-41)26-37(27-36)45-49-42(34-14-5-2-6-15-34)40-23-22-32-13-7-8-16-39(32)43(40)50-45/h1-28H,29H2,(H,47,48). The maximum atomic E-state index is 5.29. The molecule has 3 heterocycles. The number of hydrogen-bond donors (Lipinski definition) is 1. The molecule has 0 unspecified atom stereocenters. The Kier molecular flexibility index (Phi) is 7.48. The Balaban J connectivity index is 1.23. The van der Waals surface area contributed by atoms with Crippen LogP contribution in [0, 0.1) is 0 Å². The van der Waals surface area contributed by atoms with Gasteiger partial charge in [0, 0.05) is 52.0 Å². The highest BCUT2D eigenvalue weighted by Crippen LogP contribution is 2.35. The van der Waals surface area contributed by atoms with E-state index in [4.69, 9.17) is 15.0 Å². The predicted molar refractivity (Wildman–Crippen MR) is 206 cm³/mol. The molecule has 5 nitrogen and oxygen atoms in total. The van der Waals surface area contributed by atoms with Crippen LogP contribution in [0.1, 0.15) is 11.1 Å². The van der Waals surface area contributed by atoms with Crippen molar-refractivity contribution in [2.24, 2.45) is 4.99 Å². The highest BCUT2D eigenvalue weighted by Gasteiger charge is 2.18. The molecule has 0 fully saturated rings. The minimum Gasteiger partial charge on any atom is -0.365 e. The van der Waals surface area contributed by atoms with E-state index in [9.17, 15) is 0 Å². The average molecular weight is 642 g/mol. The number of rotatable bonds is 6. The second-order valence-corrected chi connectivity index (χ2v) is 12.4. The number of nitrogens with one attached hydrogen (secondary N) is 1. The van der Waals surface area contributed by atoms with Gasteiger partial charge in [0.1, 0.15) is 5.84 Å². The number of aliphatic imine (C=N–C) groups is 1. The first-order valence-corrected chi connectivity index (χ1v) is 16.8. The number of nitrogens with zero attached hydrogens (tertiary/aromatic N) is 4. The van der Waals surface area contributed by atoms with E-state index in [2.05, 4.69) is 138 Å². The molecule has 0 saturated carbocycles. The Morgan fingerprint density at radius 3 is 1.94 bits per heavy atom. The second-order valence-electron chi connectivity index (χ2n) is 12.4. The third-order valence-electron chi connectivity index (χ3n) is 9.22. The van der Waals surface area contributed by atoms with Crippen LogP contribution < -0.4 is 5.32 Å². The minimum absolute atomic E-state index is 0.665. The summed E-state index contributed by atoms with van der Waals surface area (Å²) in [5, 5.41) is 6.87. The molecule has 0 spiro atoms. The van der Waals surface area contributed by atoms with E-state index in [1.165, 1.54) is 0 Å². The zero-order chi connectivity index (χ0) is 33.3. The molecule has 1 N–H and O–H groups in total. The molecule has 0 atom stereocenters. The third-order valence-corrected chi connectivity index (χ3v) is 9.22. The average Bonchev–Trinajstić information content (AvgIpc) is 3.21. The van der Waals surface area contributed by atoms with Crippen molar-refractivity contribution in [2.75, 3.05) is 6.54 Å². The van der Waals surface area contributed by atoms with E-state index in [1.807, 2.05) is 42.7 Å². The lowest BCUT2D eigenvalue weighted by Crippen LogP contribution is -2.28. The van der Waals surface area contributed by atoms with Crippen molar-refractivity contribution in [3.8, 4) is 45.0 Å². The van der Waals surface area contributed by atoms with Crippen molar-refractivity contribution in [1.82, 2.24) is 20.3 Å². The van der Waals surface area contributed by atoms with Gasteiger partial charge in [0.15, 0.2) is 5.82 Å². The van der Waals surface area contributed by atoms with Crippen LogP contribution in [0.25, 0.3) is 72.3 Å². The Morgan fingerprint density at radius 1 is 0.480 bits per heavy atom. The first kappa shape index (κ1) is 29.4. The van der Waals surface area contributed by atoms with Gasteiger partial charge in [-0.05, 0) is 64.0 Å². The predicted octanol–water partition coefficient (Wildman–Crippen LogP) is 10.2. The van der Waals surface area contributed by atoms with Crippen molar-refractivity contribution in [3.63, 3.8) is 0 Å². The number of amidine groups is 1. The number of benzene rings is 6. The Labute approximate surface area is 290 Å². The first-order valence-electron chi connectivity index (χ1n) is 16.8. The number of aromatic nitrogens is 3. The van der Waals surface area contributed by atoms with Crippen molar-refractivity contribution in [3.05, 3.63) is 181 Å². The molecule has 0 amide bonds. The van der Waals surface area contributed by atoms with Gasteiger partial charge in [-0.1, -0.05) is 121 Å². The summed E-state index contributed by atoms with van der Waals surface area (Å²) in [4.78, 5) is 20.1. The van der Waals surface area contributed by atoms with Gasteiger partial charge in [-0.2, -0.15) is 0 Å². The van der Waals surface area contributed by atoms with Crippen LogP contribution in [-0.2, 0) is 0 Å². The van der Waals surface area contributed by atoms with Crippen molar-refractivity contribution in [1.29, 1.82) is 0 Å². The van der Waals surface area contributed by atoms with E-state index >= 15 is 0 Å². The molecule has 1 aliphatic rings. The van der Waals surface area contributed by atoms with Crippen LogP contribution in [0.15, 0.2) is 175 Å². The van der Waals surface area contributed by atoms with Crippen LogP contribution in [0.2, 0.25) is 0 Å². The first-order chi connectivity index (χ1) is 24.8. The van der Waals surface area contributed by atoms with Crippen molar-refractivity contribution < 1.29 is 0 Å². The quantitative estimate of drug-likeness (QED) is 0.184.